The van der Waals surface area contributed by atoms with Crippen LogP contribution in [0.25, 0.3) is 0 Å². The minimum atomic E-state index is -4.20. The Labute approximate surface area is 273 Å². The molecule has 0 heterocycles. The Bertz CT molecular complexity index is 1690. The van der Waals surface area contributed by atoms with Crippen LogP contribution in [-0.4, -0.2) is 43.8 Å². The Morgan fingerprint density at radius 1 is 0.841 bits per heavy atom. The van der Waals surface area contributed by atoms with E-state index in [1.165, 1.54) is 17.0 Å². The van der Waals surface area contributed by atoms with Crippen molar-refractivity contribution >= 4 is 55.1 Å². The van der Waals surface area contributed by atoms with Crippen molar-refractivity contribution in [1.82, 2.24) is 10.2 Å². The second-order valence-corrected chi connectivity index (χ2v) is 13.9. The lowest BCUT2D eigenvalue weighted by Gasteiger charge is -2.34. The SMILES string of the molecule is Cc1c(Cl)cccc1N(CC(=O)N(Cc1ccc(Br)cc1)[C@@H](Cc1ccccc1)C(=O)NC(C)C)S(=O)(=O)c1ccccc1. The van der Waals surface area contributed by atoms with Gasteiger partial charge in [-0.25, -0.2) is 8.42 Å². The Balaban J connectivity index is 1.82. The highest BCUT2D eigenvalue weighted by Gasteiger charge is 2.35. The molecule has 1 N–H and O–H groups in total. The number of amides is 2. The zero-order valence-corrected chi connectivity index (χ0v) is 27.9. The Morgan fingerprint density at radius 3 is 2.07 bits per heavy atom. The fourth-order valence-corrected chi connectivity index (χ4v) is 6.75. The van der Waals surface area contributed by atoms with Gasteiger partial charge in [0.15, 0.2) is 0 Å². The predicted octanol–water partition coefficient (Wildman–Crippen LogP) is 6.77. The molecule has 1 atom stereocenters. The Morgan fingerprint density at radius 2 is 1.45 bits per heavy atom. The second-order valence-electron chi connectivity index (χ2n) is 10.7. The van der Waals surface area contributed by atoms with E-state index >= 15 is 0 Å². The molecule has 10 heteroatoms. The average Bonchev–Trinajstić information content (AvgIpc) is 3.00. The molecule has 0 fully saturated rings. The molecule has 44 heavy (non-hydrogen) atoms. The van der Waals surface area contributed by atoms with Gasteiger partial charge in [0.1, 0.15) is 12.6 Å². The molecule has 0 unspecified atom stereocenters. The molecule has 0 saturated heterocycles. The zero-order valence-electron chi connectivity index (χ0n) is 24.8. The molecule has 4 rings (SSSR count). The number of nitrogens with zero attached hydrogens (tertiary/aromatic N) is 2. The van der Waals surface area contributed by atoms with Crippen LogP contribution in [0.4, 0.5) is 5.69 Å². The first-order valence-electron chi connectivity index (χ1n) is 14.2. The van der Waals surface area contributed by atoms with Gasteiger partial charge in [-0.05, 0) is 73.9 Å². The molecule has 0 aromatic heterocycles. The summed E-state index contributed by atoms with van der Waals surface area (Å²) in [6, 6.07) is 28.7. The fourth-order valence-electron chi connectivity index (χ4n) is 4.82. The third-order valence-electron chi connectivity index (χ3n) is 7.09. The molecule has 4 aromatic carbocycles. The van der Waals surface area contributed by atoms with Crippen LogP contribution >= 0.6 is 27.5 Å². The van der Waals surface area contributed by atoms with E-state index < -0.39 is 28.5 Å². The van der Waals surface area contributed by atoms with Gasteiger partial charge in [0.05, 0.1) is 10.6 Å². The number of halogens is 2. The van der Waals surface area contributed by atoms with Gasteiger partial charge in [0, 0.05) is 28.5 Å². The van der Waals surface area contributed by atoms with Crippen molar-refractivity contribution in [1.29, 1.82) is 0 Å². The fraction of sp³-hybridized carbons (Fsp3) is 0.235. The summed E-state index contributed by atoms with van der Waals surface area (Å²) in [4.78, 5) is 29.8. The summed E-state index contributed by atoms with van der Waals surface area (Å²) in [5, 5.41) is 3.33. The highest BCUT2D eigenvalue weighted by molar-refractivity contribution is 9.10. The minimum Gasteiger partial charge on any atom is -0.352 e. The Kier molecular flexibility index (Phi) is 11.2. The van der Waals surface area contributed by atoms with E-state index in [1.807, 2.05) is 68.4 Å². The highest BCUT2D eigenvalue weighted by atomic mass is 79.9. The highest BCUT2D eigenvalue weighted by Crippen LogP contribution is 2.31. The number of carbonyl (C=O) groups excluding carboxylic acids is 2. The van der Waals surface area contributed by atoms with E-state index in [2.05, 4.69) is 21.2 Å². The van der Waals surface area contributed by atoms with Gasteiger partial charge in [-0.1, -0.05) is 94.3 Å². The van der Waals surface area contributed by atoms with Gasteiger partial charge in [-0.3, -0.25) is 13.9 Å². The zero-order chi connectivity index (χ0) is 31.9. The van der Waals surface area contributed by atoms with Crippen LogP contribution in [0.1, 0.15) is 30.5 Å². The van der Waals surface area contributed by atoms with Crippen LogP contribution in [0.5, 0.6) is 0 Å². The lowest BCUT2D eigenvalue weighted by Crippen LogP contribution is -2.54. The summed E-state index contributed by atoms with van der Waals surface area (Å²) >= 11 is 9.88. The topological polar surface area (TPSA) is 86.8 Å². The van der Waals surface area contributed by atoms with Crippen LogP contribution in [0.15, 0.2) is 112 Å². The third-order valence-corrected chi connectivity index (χ3v) is 9.80. The van der Waals surface area contributed by atoms with Crippen LogP contribution in [0.2, 0.25) is 5.02 Å². The van der Waals surface area contributed by atoms with Crippen molar-refractivity contribution in [3.8, 4) is 0 Å². The molecule has 0 spiro atoms. The number of benzene rings is 4. The summed E-state index contributed by atoms with van der Waals surface area (Å²) in [6.45, 7) is 4.96. The summed E-state index contributed by atoms with van der Waals surface area (Å²) in [7, 11) is -4.20. The maximum Gasteiger partial charge on any atom is 0.264 e. The van der Waals surface area contributed by atoms with Crippen molar-refractivity contribution in [2.24, 2.45) is 0 Å². The molecule has 0 saturated carbocycles. The van der Waals surface area contributed by atoms with Crippen LogP contribution in [0.3, 0.4) is 0 Å². The van der Waals surface area contributed by atoms with Crippen molar-refractivity contribution < 1.29 is 18.0 Å². The summed E-state index contributed by atoms with van der Waals surface area (Å²) in [5.74, 6) is -0.864. The first-order valence-corrected chi connectivity index (χ1v) is 16.8. The van der Waals surface area contributed by atoms with Crippen molar-refractivity contribution in [3.05, 3.63) is 129 Å². The molecule has 7 nitrogen and oxygen atoms in total. The number of hydrogen-bond acceptors (Lipinski definition) is 4. The van der Waals surface area contributed by atoms with E-state index in [1.54, 1.807) is 43.3 Å². The van der Waals surface area contributed by atoms with E-state index in [4.69, 9.17) is 11.6 Å². The van der Waals surface area contributed by atoms with Gasteiger partial charge in [-0.2, -0.15) is 0 Å². The lowest BCUT2D eigenvalue weighted by atomic mass is 10.0. The van der Waals surface area contributed by atoms with Gasteiger partial charge < -0.3 is 10.2 Å². The first kappa shape index (κ1) is 33.2. The number of hydrogen-bond donors (Lipinski definition) is 1. The Hall–Kier alpha value is -3.66. The lowest BCUT2D eigenvalue weighted by molar-refractivity contribution is -0.140. The molecule has 2 amide bonds. The molecule has 4 aromatic rings. The van der Waals surface area contributed by atoms with Crippen molar-refractivity contribution in [2.75, 3.05) is 10.8 Å². The first-order chi connectivity index (χ1) is 21.0. The van der Waals surface area contributed by atoms with Gasteiger partial charge >= 0.3 is 0 Å². The number of nitrogens with one attached hydrogen (secondary N) is 1. The van der Waals surface area contributed by atoms with Crippen molar-refractivity contribution in [2.45, 2.75) is 50.7 Å². The minimum absolute atomic E-state index is 0.0324. The monoisotopic (exact) mass is 695 g/mol. The molecule has 0 radical (unpaired) electrons. The van der Waals surface area contributed by atoms with Gasteiger partial charge in [-0.15, -0.1) is 0 Å². The smallest absolute Gasteiger partial charge is 0.264 e. The summed E-state index contributed by atoms with van der Waals surface area (Å²) < 4.78 is 30.2. The quantitative estimate of drug-likeness (QED) is 0.177. The molecular weight excluding hydrogens is 662 g/mol. The largest absolute Gasteiger partial charge is 0.352 e. The van der Waals surface area contributed by atoms with E-state index in [9.17, 15) is 18.0 Å². The second kappa shape index (κ2) is 14.9. The van der Waals surface area contributed by atoms with E-state index in [0.717, 1.165) is 19.9 Å². The number of carbonyl (C=O) groups is 2. The van der Waals surface area contributed by atoms with Crippen molar-refractivity contribution in [3.63, 3.8) is 0 Å². The maximum absolute atomic E-state index is 14.5. The number of rotatable bonds is 12. The number of sulfonamides is 1. The normalized spacial score (nSPS) is 12.0. The maximum atomic E-state index is 14.5. The number of anilines is 1. The van der Waals surface area contributed by atoms with E-state index in [-0.39, 0.29) is 35.5 Å². The van der Waals surface area contributed by atoms with Gasteiger partial charge in [0.2, 0.25) is 11.8 Å². The predicted molar refractivity (Wildman–Crippen MR) is 179 cm³/mol. The molecule has 0 aliphatic rings. The summed E-state index contributed by atoms with van der Waals surface area (Å²) in [5.41, 5.74) is 2.45. The van der Waals surface area contributed by atoms with Crippen LogP contribution in [0, 0.1) is 6.92 Å². The molecule has 230 valence electrons. The molecular formula is C34H35BrClN3O4S. The van der Waals surface area contributed by atoms with E-state index in [0.29, 0.717) is 10.6 Å². The summed E-state index contributed by atoms with van der Waals surface area (Å²) in [6.07, 6.45) is 0.239. The average molecular weight is 697 g/mol. The molecule has 0 bridgehead atoms. The van der Waals surface area contributed by atoms with Crippen LogP contribution < -0.4 is 9.62 Å². The van der Waals surface area contributed by atoms with Gasteiger partial charge in [0.25, 0.3) is 10.0 Å². The standard InChI is InChI=1S/C34H35BrClN3O4S/c1-24(2)37-34(41)32(21-26-11-6-4-7-12-26)38(22-27-17-19-28(35)20-18-27)33(40)23-39(31-16-10-15-30(36)25(31)3)44(42,43)29-13-8-5-9-14-29/h4-20,24,32H,21-23H2,1-3H3,(H,37,41)/t32-/m0/s1. The third kappa shape index (κ3) is 8.28. The van der Waals surface area contributed by atoms with Crippen LogP contribution in [-0.2, 0) is 32.6 Å². The molecule has 0 aliphatic heterocycles. The molecule has 0 aliphatic carbocycles.